The first-order valence-corrected chi connectivity index (χ1v) is 5.71. The predicted molar refractivity (Wildman–Crippen MR) is 66.9 cm³/mol. The lowest BCUT2D eigenvalue weighted by molar-refractivity contribution is 0.147. The zero-order valence-electron chi connectivity index (χ0n) is 9.11. The Hall–Kier alpha value is -1.10. The van der Waals surface area contributed by atoms with Crippen LogP contribution in [0.3, 0.4) is 0 Å². The van der Waals surface area contributed by atoms with Crippen LogP contribution >= 0.6 is 23.2 Å². The van der Waals surface area contributed by atoms with E-state index in [-0.39, 0.29) is 10.4 Å². The van der Waals surface area contributed by atoms with Gasteiger partial charge < -0.3 is 9.47 Å². The second kappa shape index (κ2) is 5.49. The van der Waals surface area contributed by atoms with Crippen LogP contribution in [0.15, 0.2) is 18.2 Å². The molecule has 6 heteroatoms. The number of methoxy groups -OCH3 is 1. The number of hydrogen-bond acceptors (Lipinski definition) is 4. The molecule has 0 spiro atoms. The first-order valence-electron chi connectivity index (χ1n) is 4.96. The maximum Gasteiger partial charge on any atom is 0.224 e. The van der Waals surface area contributed by atoms with Gasteiger partial charge in [-0.2, -0.15) is 0 Å². The Bertz CT molecular complexity index is 534. The van der Waals surface area contributed by atoms with Crippen LogP contribution in [-0.2, 0) is 4.74 Å². The van der Waals surface area contributed by atoms with Gasteiger partial charge in [-0.25, -0.2) is 9.97 Å². The third-order valence-electron chi connectivity index (χ3n) is 2.16. The summed E-state index contributed by atoms with van der Waals surface area (Å²) < 4.78 is 10.5. The fourth-order valence-corrected chi connectivity index (χ4v) is 1.93. The molecule has 4 nitrogen and oxygen atoms in total. The van der Waals surface area contributed by atoms with Gasteiger partial charge in [-0.05, 0) is 23.7 Å². The van der Waals surface area contributed by atoms with Crippen molar-refractivity contribution in [3.8, 4) is 5.75 Å². The van der Waals surface area contributed by atoms with Crippen molar-refractivity contribution in [2.45, 2.75) is 0 Å². The van der Waals surface area contributed by atoms with Crippen LogP contribution in [0.4, 0.5) is 0 Å². The normalized spacial score (nSPS) is 10.8. The van der Waals surface area contributed by atoms with E-state index in [1.165, 1.54) is 0 Å². The molecule has 0 atom stereocenters. The standard InChI is InChI=1S/C11H10Cl2N2O2/c1-16-5-6-17-8-4-2-3-7-9(8)10(12)15-11(13)14-7/h2-4H,5-6H2,1H3. The molecule has 2 aromatic rings. The van der Waals surface area contributed by atoms with Crippen molar-refractivity contribution < 1.29 is 9.47 Å². The minimum atomic E-state index is 0.122. The molecule has 0 aliphatic heterocycles. The lowest BCUT2D eigenvalue weighted by atomic mass is 10.2. The van der Waals surface area contributed by atoms with Gasteiger partial charge in [-0.3, -0.25) is 0 Å². The van der Waals surface area contributed by atoms with E-state index in [0.29, 0.717) is 29.9 Å². The third kappa shape index (κ3) is 2.77. The second-order valence-corrected chi connectivity index (χ2v) is 3.97. The highest BCUT2D eigenvalue weighted by molar-refractivity contribution is 6.36. The summed E-state index contributed by atoms with van der Waals surface area (Å²) in [5.41, 5.74) is 0.657. The molecule has 0 bridgehead atoms. The fourth-order valence-electron chi connectivity index (χ4n) is 1.44. The van der Waals surface area contributed by atoms with Crippen molar-refractivity contribution in [3.05, 3.63) is 28.6 Å². The summed E-state index contributed by atoms with van der Waals surface area (Å²) in [4.78, 5) is 7.98. The van der Waals surface area contributed by atoms with E-state index in [2.05, 4.69) is 9.97 Å². The Balaban J connectivity index is 2.42. The molecule has 0 unspecified atom stereocenters. The van der Waals surface area contributed by atoms with E-state index in [1.807, 2.05) is 6.07 Å². The number of ether oxygens (including phenoxy) is 2. The van der Waals surface area contributed by atoms with E-state index in [1.54, 1.807) is 19.2 Å². The van der Waals surface area contributed by atoms with Gasteiger partial charge in [0.05, 0.1) is 17.5 Å². The average molecular weight is 273 g/mol. The lowest BCUT2D eigenvalue weighted by Gasteiger charge is -2.09. The molecule has 1 heterocycles. The maximum atomic E-state index is 6.03. The Morgan fingerprint density at radius 2 is 2.00 bits per heavy atom. The van der Waals surface area contributed by atoms with Crippen molar-refractivity contribution in [2.24, 2.45) is 0 Å². The second-order valence-electron chi connectivity index (χ2n) is 3.27. The summed E-state index contributed by atoms with van der Waals surface area (Å²) in [7, 11) is 1.61. The number of aromatic nitrogens is 2. The summed E-state index contributed by atoms with van der Waals surface area (Å²) >= 11 is 11.8. The van der Waals surface area contributed by atoms with Crippen LogP contribution < -0.4 is 4.74 Å². The highest BCUT2D eigenvalue weighted by Gasteiger charge is 2.10. The molecular formula is C11H10Cl2N2O2. The Morgan fingerprint density at radius 1 is 1.18 bits per heavy atom. The smallest absolute Gasteiger partial charge is 0.224 e. The van der Waals surface area contributed by atoms with Crippen molar-refractivity contribution >= 4 is 34.1 Å². The number of hydrogen-bond donors (Lipinski definition) is 0. The fraction of sp³-hybridized carbons (Fsp3) is 0.273. The van der Waals surface area contributed by atoms with Crippen LogP contribution in [0.5, 0.6) is 5.75 Å². The summed E-state index contributed by atoms with van der Waals surface area (Å²) in [5, 5.41) is 1.07. The van der Waals surface area contributed by atoms with Gasteiger partial charge in [-0.1, -0.05) is 17.7 Å². The van der Waals surface area contributed by atoms with Crippen LogP contribution in [0.1, 0.15) is 0 Å². The first-order chi connectivity index (χ1) is 8.22. The molecule has 0 aliphatic rings. The van der Waals surface area contributed by atoms with Crippen LogP contribution in [0.25, 0.3) is 10.9 Å². The van der Waals surface area contributed by atoms with Crippen LogP contribution in [-0.4, -0.2) is 30.3 Å². The van der Waals surface area contributed by atoms with Crippen LogP contribution in [0.2, 0.25) is 10.4 Å². The number of halogens is 2. The molecule has 0 N–H and O–H groups in total. The molecule has 0 amide bonds. The van der Waals surface area contributed by atoms with E-state index >= 15 is 0 Å². The molecular weight excluding hydrogens is 263 g/mol. The van der Waals surface area contributed by atoms with Crippen LogP contribution in [0, 0.1) is 0 Å². The Labute approximate surface area is 108 Å². The Kier molecular flexibility index (Phi) is 3.99. The van der Waals surface area contributed by atoms with Crippen molar-refractivity contribution in [1.82, 2.24) is 9.97 Å². The summed E-state index contributed by atoms with van der Waals surface area (Å²) in [6.07, 6.45) is 0. The highest BCUT2D eigenvalue weighted by atomic mass is 35.5. The predicted octanol–water partition coefficient (Wildman–Crippen LogP) is 2.96. The van der Waals surface area contributed by atoms with Crippen molar-refractivity contribution in [2.75, 3.05) is 20.3 Å². The minimum absolute atomic E-state index is 0.122. The van der Waals surface area contributed by atoms with Gasteiger partial charge in [0.2, 0.25) is 5.28 Å². The van der Waals surface area contributed by atoms with Gasteiger partial charge in [0.1, 0.15) is 17.5 Å². The third-order valence-corrected chi connectivity index (χ3v) is 2.60. The Morgan fingerprint density at radius 3 is 2.76 bits per heavy atom. The molecule has 2 rings (SSSR count). The molecule has 17 heavy (non-hydrogen) atoms. The van der Waals surface area contributed by atoms with E-state index in [4.69, 9.17) is 32.7 Å². The molecule has 0 saturated heterocycles. The van der Waals surface area contributed by atoms with E-state index < -0.39 is 0 Å². The highest BCUT2D eigenvalue weighted by Crippen LogP contribution is 2.30. The summed E-state index contributed by atoms with van der Waals surface area (Å²) in [6.45, 7) is 0.941. The number of rotatable bonds is 4. The first kappa shape index (κ1) is 12.4. The van der Waals surface area contributed by atoms with E-state index in [0.717, 1.165) is 0 Å². The SMILES string of the molecule is COCCOc1cccc2nc(Cl)nc(Cl)c12. The number of fused-ring (bicyclic) bond motifs is 1. The number of nitrogens with zero attached hydrogens (tertiary/aromatic N) is 2. The number of benzene rings is 1. The van der Waals surface area contributed by atoms with Gasteiger partial charge in [0, 0.05) is 7.11 Å². The topological polar surface area (TPSA) is 44.2 Å². The lowest BCUT2D eigenvalue weighted by Crippen LogP contribution is -2.05. The zero-order chi connectivity index (χ0) is 12.3. The quantitative estimate of drug-likeness (QED) is 0.488. The molecule has 0 radical (unpaired) electrons. The summed E-state index contributed by atoms with van der Waals surface area (Å²) in [5.74, 6) is 0.626. The zero-order valence-corrected chi connectivity index (χ0v) is 10.6. The van der Waals surface area contributed by atoms with Gasteiger partial charge in [0.15, 0.2) is 0 Å². The van der Waals surface area contributed by atoms with E-state index in [9.17, 15) is 0 Å². The molecule has 1 aromatic heterocycles. The minimum Gasteiger partial charge on any atom is -0.490 e. The van der Waals surface area contributed by atoms with Gasteiger partial charge >= 0.3 is 0 Å². The molecule has 0 aliphatic carbocycles. The van der Waals surface area contributed by atoms with Crippen molar-refractivity contribution in [1.29, 1.82) is 0 Å². The van der Waals surface area contributed by atoms with Gasteiger partial charge in [-0.15, -0.1) is 0 Å². The average Bonchev–Trinajstić information content (AvgIpc) is 2.28. The van der Waals surface area contributed by atoms with Gasteiger partial charge in [0.25, 0.3) is 0 Å². The largest absolute Gasteiger partial charge is 0.490 e. The molecule has 1 aromatic carbocycles. The molecule has 90 valence electrons. The monoisotopic (exact) mass is 272 g/mol. The summed E-state index contributed by atoms with van der Waals surface area (Å²) in [6, 6.07) is 5.43. The maximum absolute atomic E-state index is 6.03. The van der Waals surface area contributed by atoms with Crippen molar-refractivity contribution in [3.63, 3.8) is 0 Å². The molecule has 0 fully saturated rings. The molecule has 0 saturated carbocycles.